The van der Waals surface area contributed by atoms with E-state index >= 15 is 0 Å². The molecule has 1 aliphatic heterocycles. The molecule has 6 nitrogen and oxygen atoms in total. The fraction of sp³-hybridized carbons (Fsp3) is 0.450. The molecule has 0 saturated carbocycles. The third kappa shape index (κ3) is 4.50. The average molecular weight is 353 g/mol. The molecule has 6 heteroatoms. The number of benzene rings is 1. The van der Waals surface area contributed by atoms with Crippen LogP contribution in [0.2, 0.25) is 0 Å². The highest BCUT2D eigenvalue weighted by Crippen LogP contribution is 2.26. The lowest BCUT2D eigenvalue weighted by molar-refractivity contribution is -0.114. The lowest BCUT2D eigenvalue weighted by Gasteiger charge is -2.35. The highest BCUT2D eigenvalue weighted by Gasteiger charge is 2.23. The standard InChI is InChI=1S/C20H27N5O/c1-4-18-7-5-6-12-25(18)20-21-14(2)13-19(24-20)23-17-10-8-16(9-11-17)22-15(3)26/h8-11,13,18H,4-7,12H2,1-3H3,(H,22,26)(H,21,23,24). The molecule has 3 rings (SSSR count). The highest BCUT2D eigenvalue weighted by atomic mass is 16.1. The van der Waals surface area contributed by atoms with Crippen LogP contribution in [0.25, 0.3) is 0 Å². The number of amides is 1. The first-order chi connectivity index (χ1) is 12.5. The summed E-state index contributed by atoms with van der Waals surface area (Å²) >= 11 is 0. The van der Waals surface area contributed by atoms with E-state index in [1.807, 2.05) is 37.3 Å². The number of nitrogens with one attached hydrogen (secondary N) is 2. The van der Waals surface area contributed by atoms with Gasteiger partial charge in [0, 0.05) is 42.6 Å². The van der Waals surface area contributed by atoms with Gasteiger partial charge in [-0.2, -0.15) is 4.98 Å². The Balaban J connectivity index is 1.78. The first kappa shape index (κ1) is 18.2. The van der Waals surface area contributed by atoms with Crippen molar-refractivity contribution in [2.45, 2.75) is 52.5 Å². The van der Waals surface area contributed by atoms with Gasteiger partial charge in [0.25, 0.3) is 0 Å². The summed E-state index contributed by atoms with van der Waals surface area (Å²) in [6, 6.07) is 10.1. The van der Waals surface area contributed by atoms with Crippen LogP contribution in [-0.4, -0.2) is 28.5 Å². The molecule has 0 spiro atoms. The zero-order chi connectivity index (χ0) is 18.5. The summed E-state index contributed by atoms with van der Waals surface area (Å²) < 4.78 is 0. The van der Waals surface area contributed by atoms with Gasteiger partial charge < -0.3 is 15.5 Å². The summed E-state index contributed by atoms with van der Waals surface area (Å²) in [5.74, 6) is 1.53. The average Bonchev–Trinajstić information content (AvgIpc) is 2.62. The second-order valence-corrected chi connectivity index (χ2v) is 6.83. The molecule has 1 amide bonds. The van der Waals surface area contributed by atoms with E-state index in [1.165, 1.54) is 26.2 Å². The highest BCUT2D eigenvalue weighted by molar-refractivity contribution is 5.88. The number of aryl methyl sites for hydroxylation is 1. The number of anilines is 4. The van der Waals surface area contributed by atoms with Gasteiger partial charge in [-0.1, -0.05) is 6.92 Å². The summed E-state index contributed by atoms with van der Waals surface area (Å²) in [4.78, 5) is 22.9. The van der Waals surface area contributed by atoms with Crippen molar-refractivity contribution in [1.82, 2.24) is 9.97 Å². The zero-order valence-corrected chi connectivity index (χ0v) is 15.7. The van der Waals surface area contributed by atoms with E-state index in [-0.39, 0.29) is 5.91 Å². The van der Waals surface area contributed by atoms with Crippen molar-refractivity contribution >= 4 is 29.0 Å². The van der Waals surface area contributed by atoms with E-state index in [1.54, 1.807) is 0 Å². The topological polar surface area (TPSA) is 70.2 Å². The molecule has 1 aliphatic rings. The quantitative estimate of drug-likeness (QED) is 0.841. The third-order valence-corrected chi connectivity index (χ3v) is 4.68. The Kier molecular flexibility index (Phi) is 5.71. The first-order valence-corrected chi connectivity index (χ1v) is 9.32. The molecule has 26 heavy (non-hydrogen) atoms. The third-order valence-electron chi connectivity index (χ3n) is 4.68. The molecule has 2 heterocycles. The van der Waals surface area contributed by atoms with Crippen molar-refractivity contribution < 1.29 is 4.79 Å². The predicted octanol–water partition coefficient (Wildman–Crippen LogP) is 4.26. The van der Waals surface area contributed by atoms with Gasteiger partial charge in [0.05, 0.1) is 0 Å². The number of rotatable bonds is 5. The second-order valence-electron chi connectivity index (χ2n) is 6.83. The van der Waals surface area contributed by atoms with E-state index < -0.39 is 0 Å². The summed E-state index contributed by atoms with van der Waals surface area (Å²) in [5.41, 5.74) is 2.66. The molecular weight excluding hydrogens is 326 g/mol. The minimum atomic E-state index is -0.0752. The number of aromatic nitrogens is 2. The molecule has 1 atom stereocenters. The van der Waals surface area contributed by atoms with Crippen molar-refractivity contribution in [3.63, 3.8) is 0 Å². The second kappa shape index (κ2) is 8.17. The van der Waals surface area contributed by atoms with Crippen LogP contribution in [0.4, 0.5) is 23.1 Å². The number of piperidine rings is 1. The van der Waals surface area contributed by atoms with Gasteiger partial charge in [-0.15, -0.1) is 0 Å². The molecule has 1 unspecified atom stereocenters. The minimum absolute atomic E-state index is 0.0752. The van der Waals surface area contributed by atoms with Gasteiger partial charge in [-0.3, -0.25) is 4.79 Å². The molecule has 138 valence electrons. The van der Waals surface area contributed by atoms with E-state index in [2.05, 4.69) is 27.4 Å². The van der Waals surface area contributed by atoms with E-state index in [0.717, 1.165) is 41.8 Å². The number of hydrogen-bond acceptors (Lipinski definition) is 5. The molecule has 1 saturated heterocycles. The Labute approximate surface area is 155 Å². The summed E-state index contributed by atoms with van der Waals surface area (Å²) in [7, 11) is 0. The molecule has 1 aromatic heterocycles. The minimum Gasteiger partial charge on any atom is -0.340 e. The Morgan fingerprint density at radius 2 is 1.92 bits per heavy atom. The van der Waals surface area contributed by atoms with Gasteiger partial charge in [0.15, 0.2) is 0 Å². The number of carbonyl (C=O) groups is 1. The molecule has 1 aromatic carbocycles. The lowest BCUT2D eigenvalue weighted by atomic mass is 10.0. The monoisotopic (exact) mass is 353 g/mol. The van der Waals surface area contributed by atoms with Crippen LogP contribution < -0.4 is 15.5 Å². The number of hydrogen-bond donors (Lipinski definition) is 2. The van der Waals surface area contributed by atoms with Gasteiger partial charge in [0.2, 0.25) is 11.9 Å². The van der Waals surface area contributed by atoms with Crippen molar-refractivity contribution in [1.29, 1.82) is 0 Å². The molecular formula is C20H27N5O. The van der Waals surface area contributed by atoms with E-state index in [4.69, 9.17) is 4.98 Å². The molecule has 1 fully saturated rings. The van der Waals surface area contributed by atoms with Crippen LogP contribution >= 0.6 is 0 Å². The molecule has 0 aliphatic carbocycles. The Bertz CT molecular complexity index is 759. The summed E-state index contributed by atoms with van der Waals surface area (Å²) in [6.07, 6.45) is 4.81. The molecule has 2 aromatic rings. The van der Waals surface area contributed by atoms with Crippen molar-refractivity contribution in [2.75, 3.05) is 22.1 Å². The van der Waals surface area contributed by atoms with Crippen molar-refractivity contribution in [3.05, 3.63) is 36.0 Å². The van der Waals surface area contributed by atoms with Crippen molar-refractivity contribution in [2.24, 2.45) is 0 Å². The maximum atomic E-state index is 11.1. The molecule has 2 N–H and O–H groups in total. The maximum absolute atomic E-state index is 11.1. The molecule has 0 radical (unpaired) electrons. The smallest absolute Gasteiger partial charge is 0.227 e. The lowest BCUT2D eigenvalue weighted by Crippen LogP contribution is -2.40. The van der Waals surface area contributed by atoms with Crippen molar-refractivity contribution in [3.8, 4) is 0 Å². The van der Waals surface area contributed by atoms with Crippen LogP contribution in [0.3, 0.4) is 0 Å². The maximum Gasteiger partial charge on any atom is 0.227 e. The van der Waals surface area contributed by atoms with Gasteiger partial charge >= 0.3 is 0 Å². The zero-order valence-electron chi connectivity index (χ0n) is 15.7. The fourth-order valence-corrected chi connectivity index (χ4v) is 3.42. The van der Waals surface area contributed by atoms with Crippen LogP contribution in [0.15, 0.2) is 30.3 Å². The fourth-order valence-electron chi connectivity index (χ4n) is 3.42. The summed E-state index contributed by atoms with van der Waals surface area (Å²) in [5, 5.41) is 6.12. The largest absolute Gasteiger partial charge is 0.340 e. The number of carbonyl (C=O) groups excluding carboxylic acids is 1. The Morgan fingerprint density at radius 3 is 2.62 bits per heavy atom. The van der Waals surface area contributed by atoms with Crippen LogP contribution in [0.1, 0.15) is 45.2 Å². The SMILES string of the molecule is CCC1CCCCN1c1nc(C)cc(Nc2ccc(NC(C)=O)cc2)n1. The summed E-state index contributed by atoms with van der Waals surface area (Å²) in [6.45, 7) is 6.75. The van der Waals surface area contributed by atoms with Gasteiger partial charge in [-0.05, 0) is 56.9 Å². The normalized spacial score (nSPS) is 17.0. The van der Waals surface area contributed by atoms with Crippen LogP contribution in [0, 0.1) is 6.92 Å². The van der Waals surface area contributed by atoms with Gasteiger partial charge in [-0.25, -0.2) is 4.98 Å². The van der Waals surface area contributed by atoms with Crippen LogP contribution in [-0.2, 0) is 4.79 Å². The van der Waals surface area contributed by atoms with Crippen LogP contribution in [0.5, 0.6) is 0 Å². The molecule has 0 bridgehead atoms. The predicted molar refractivity (Wildman–Crippen MR) is 106 cm³/mol. The van der Waals surface area contributed by atoms with E-state index in [9.17, 15) is 4.79 Å². The van der Waals surface area contributed by atoms with Gasteiger partial charge in [0.1, 0.15) is 5.82 Å². The number of nitrogens with zero attached hydrogens (tertiary/aromatic N) is 3. The van der Waals surface area contributed by atoms with E-state index in [0.29, 0.717) is 6.04 Å². The Hall–Kier alpha value is -2.63. The first-order valence-electron chi connectivity index (χ1n) is 9.32. The Morgan fingerprint density at radius 1 is 1.19 bits per heavy atom.